The van der Waals surface area contributed by atoms with E-state index in [0.29, 0.717) is 0 Å². The van der Waals surface area contributed by atoms with E-state index in [-0.39, 0.29) is 23.9 Å². The van der Waals surface area contributed by atoms with Crippen LogP contribution < -0.4 is 0 Å². The molecule has 0 N–H and O–H groups in total. The Balaban J connectivity index is 0.000001000. The van der Waals surface area contributed by atoms with E-state index >= 15 is 0 Å². The van der Waals surface area contributed by atoms with E-state index in [1.165, 1.54) is 0 Å². The molecule has 0 aromatic heterocycles. The van der Waals surface area contributed by atoms with Crippen LogP contribution in [0.15, 0.2) is 11.1 Å². The van der Waals surface area contributed by atoms with Crippen LogP contribution in [0.4, 0.5) is 0 Å². The molecule has 5 heteroatoms. The minimum absolute atomic E-state index is 0. The number of Topliss-reactive ketones (excluding diaryl/α,β-unsaturated/α-hetero) is 2. The number of rotatable bonds is 0. The van der Waals surface area contributed by atoms with Crippen LogP contribution in [0.1, 0.15) is 6.42 Å². The molecule has 0 spiro atoms. The molecule has 1 aliphatic carbocycles. The molecule has 0 radical (unpaired) electrons. The van der Waals surface area contributed by atoms with Crippen LogP contribution in [0, 0.1) is 0 Å². The molecule has 1 aliphatic rings. The normalized spacial score (nSPS) is 17.5. The van der Waals surface area contributed by atoms with Gasteiger partial charge in [-0.15, -0.1) is 12.4 Å². The number of halogens is 2. The maximum Gasteiger partial charge on any atom is 0.223 e. The molecule has 0 saturated heterocycles. The van der Waals surface area contributed by atoms with Crippen molar-refractivity contribution in [1.82, 2.24) is 0 Å². The van der Waals surface area contributed by atoms with Crippen molar-refractivity contribution in [2.75, 3.05) is 0 Å². The number of allylic oxidation sites excluding steroid dienone is 2. The number of carbonyl (C=O) groups excluding carboxylic acids is 3. The second-order valence-corrected chi connectivity index (χ2v) is 2.29. The number of carbonyl (C=O) groups is 3. The average molecular weight is 195 g/mol. The molecule has 0 amide bonds. The number of ketones is 3. The van der Waals surface area contributed by atoms with Gasteiger partial charge < -0.3 is 0 Å². The zero-order valence-corrected chi connectivity index (χ0v) is 6.87. The fourth-order valence-electron chi connectivity index (χ4n) is 0.593. The van der Waals surface area contributed by atoms with Gasteiger partial charge in [0.25, 0.3) is 0 Å². The lowest BCUT2D eigenvalue weighted by Crippen LogP contribution is -2.21. The predicted octanol–water partition coefficient (Wildman–Crippen LogP) is 0.642. The Labute approximate surface area is 73.8 Å². The SMILES string of the molecule is Cl.O=C1C=C(Cl)C(=O)CC1=O. The molecule has 0 bridgehead atoms. The smallest absolute Gasteiger partial charge is 0.223 e. The van der Waals surface area contributed by atoms with E-state index in [2.05, 4.69) is 0 Å². The van der Waals surface area contributed by atoms with Gasteiger partial charge in [0.1, 0.15) is 0 Å². The Morgan fingerprint density at radius 3 is 2.18 bits per heavy atom. The summed E-state index contributed by atoms with van der Waals surface area (Å²) in [6.45, 7) is 0. The van der Waals surface area contributed by atoms with Crippen molar-refractivity contribution < 1.29 is 14.4 Å². The minimum atomic E-state index is -0.690. The summed E-state index contributed by atoms with van der Waals surface area (Å²) in [6.07, 6.45) is 0.476. The number of hydrogen-bond donors (Lipinski definition) is 0. The molecule has 0 heterocycles. The van der Waals surface area contributed by atoms with Crippen molar-refractivity contribution in [3.05, 3.63) is 11.1 Å². The van der Waals surface area contributed by atoms with Crippen molar-refractivity contribution >= 4 is 41.4 Å². The summed E-state index contributed by atoms with van der Waals surface area (Å²) in [6, 6.07) is 0. The second-order valence-electron chi connectivity index (χ2n) is 1.88. The monoisotopic (exact) mass is 194 g/mol. The van der Waals surface area contributed by atoms with Crippen LogP contribution in [-0.4, -0.2) is 17.3 Å². The molecule has 1 rings (SSSR count). The van der Waals surface area contributed by atoms with Gasteiger partial charge >= 0.3 is 0 Å². The molecular weight excluding hydrogens is 191 g/mol. The van der Waals surface area contributed by atoms with E-state index in [0.717, 1.165) is 6.08 Å². The lowest BCUT2D eigenvalue weighted by atomic mass is 10.0. The van der Waals surface area contributed by atoms with Crippen LogP contribution in [0.2, 0.25) is 0 Å². The zero-order chi connectivity index (χ0) is 7.72. The lowest BCUT2D eigenvalue weighted by Gasteiger charge is -2.01. The highest BCUT2D eigenvalue weighted by Crippen LogP contribution is 2.11. The van der Waals surface area contributed by atoms with Gasteiger partial charge in [-0.05, 0) is 0 Å². The third-order valence-corrected chi connectivity index (χ3v) is 1.44. The summed E-state index contributed by atoms with van der Waals surface area (Å²) >= 11 is 5.27. The zero-order valence-electron chi connectivity index (χ0n) is 5.30. The third-order valence-electron chi connectivity index (χ3n) is 1.12. The molecule has 60 valence electrons. The Morgan fingerprint density at radius 1 is 1.18 bits per heavy atom. The summed E-state index contributed by atoms with van der Waals surface area (Å²) in [5, 5.41) is -0.149. The molecule has 0 aromatic rings. The maximum atomic E-state index is 10.6. The standard InChI is InChI=1S/C6H3ClO3.ClH/c7-3-1-5(9)6(10)2-4(3)8;/h1H,2H2;1H. The summed E-state index contributed by atoms with van der Waals surface area (Å²) in [5.74, 6) is -1.86. The summed E-state index contributed by atoms with van der Waals surface area (Å²) in [7, 11) is 0. The predicted molar refractivity (Wildman–Crippen MR) is 40.8 cm³/mol. The largest absolute Gasteiger partial charge is 0.293 e. The van der Waals surface area contributed by atoms with Crippen LogP contribution in [-0.2, 0) is 14.4 Å². The molecule has 0 saturated carbocycles. The highest BCUT2D eigenvalue weighted by molar-refractivity contribution is 6.55. The average Bonchev–Trinajstić information content (AvgIpc) is 1.84. The van der Waals surface area contributed by atoms with Gasteiger partial charge in [-0.1, -0.05) is 11.6 Å². The third kappa shape index (κ3) is 2.13. The van der Waals surface area contributed by atoms with E-state index in [9.17, 15) is 14.4 Å². The summed E-state index contributed by atoms with van der Waals surface area (Å²) < 4.78 is 0. The summed E-state index contributed by atoms with van der Waals surface area (Å²) in [4.78, 5) is 31.5. The lowest BCUT2D eigenvalue weighted by molar-refractivity contribution is -0.136. The number of hydrogen-bond acceptors (Lipinski definition) is 3. The quantitative estimate of drug-likeness (QED) is 0.421. The molecule has 0 atom stereocenters. The molecular formula is C6H4Cl2O3. The molecule has 0 aromatic carbocycles. The van der Waals surface area contributed by atoms with Crippen molar-refractivity contribution in [1.29, 1.82) is 0 Å². The molecule has 0 aliphatic heterocycles. The first-order valence-electron chi connectivity index (χ1n) is 2.59. The van der Waals surface area contributed by atoms with Gasteiger partial charge in [0.05, 0.1) is 11.5 Å². The first kappa shape index (κ1) is 10.3. The fourth-order valence-corrected chi connectivity index (χ4v) is 0.759. The van der Waals surface area contributed by atoms with Gasteiger partial charge in [-0.2, -0.15) is 0 Å². The Kier molecular flexibility index (Phi) is 3.42. The molecule has 11 heavy (non-hydrogen) atoms. The highest BCUT2D eigenvalue weighted by atomic mass is 35.5. The Morgan fingerprint density at radius 2 is 1.73 bits per heavy atom. The first-order valence-corrected chi connectivity index (χ1v) is 2.96. The maximum absolute atomic E-state index is 10.6. The van der Waals surface area contributed by atoms with E-state index < -0.39 is 17.3 Å². The van der Waals surface area contributed by atoms with E-state index in [1.54, 1.807) is 0 Å². The second kappa shape index (κ2) is 3.64. The highest BCUT2D eigenvalue weighted by Gasteiger charge is 2.24. The van der Waals surface area contributed by atoms with Crippen LogP contribution in [0.25, 0.3) is 0 Å². The van der Waals surface area contributed by atoms with E-state index in [1.807, 2.05) is 0 Å². The van der Waals surface area contributed by atoms with Gasteiger partial charge in [0, 0.05) is 6.08 Å². The van der Waals surface area contributed by atoms with Gasteiger partial charge in [0.2, 0.25) is 11.6 Å². The van der Waals surface area contributed by atoms with Crippen molar-refractivity contribution in [2.45, 2.75) is 6.42 Å². The Hall–Kier alpha value is -0.670. The molecule has 3 nitrogen and oxygen atoms in total. The van der Waals surface area contributed by atoms with E-state index in [4.69, 9.17) is 11.6 Å². The van der Waals surface area contributed by atoms with Gasteiger partial charge in [-0.3, -0.25) is 14.4 Å². The molecule has 0 unspecified atom stereocenters. The Bertz CT molecular complexity index is 255. The van der Waals surface area contributed by atoms with Gasteiger partial charge in [-0.25, -0.2) is 0 Å². The summed E-state index contributed by atoms with van der Waals surface area (Å²) in [5.41, 5.74) is 0. The van der Waals surface area contributed by atoms with Crippen LogP contribution in [0.5, 0.6) is 0 Å². The fraction of sp³-hybridized carbons (Fsp3) is 0.167. The minimum Gasteiger partial charge on any atom is -0.293 e. The van der Waals surface area contributed by atoms with Crippen LogP contribution in [0.3, 0.4) is 0 Å². The van der Waals surface area contributed by atoms with Crippen molar-refractivity contribution in [2.24, 2.45) is 0 Å². The first-order chi connectivity index (χ1) is 4.61. The topological polar surface area (TPSA) is 51.2 Å². The van der Waals surface area contributed by atoms with Crippen molar-refractivity contribution in [3.63, 3.8) is 0 Å². The van der Waals surface area contributed by atoms with Crippen LogP contribution >= 0.6 is 24.0 Å². The van der Waals surface area contributed by atoms with Crippen molar-refractivity contribution in [3.8, 4) is 0 Å². The van der Waals surface area contributed by atoms with Gasteiger partial charge in [0.15, 0.2) is 5.78 Å². The molecule has 0 fully saturated rings.